The normalized spacial score (nSPS) is 11.3. The van der Waals surface area contributed by atoms with E-state index in [1.807, 2.05) is 6.07 Å². The van der Waals surface area contributed by atoms with E-state index in [2.05, 4.69) is 46.8 Å². The number of nitrogens with one attached hydrogen (secondary N) is 1. The summed E-state index contributed by atoms with van der Waals surface area (Å²) in [5, 5.41) is 6.92. The van der Waals surface area contributed by atoms with Crippen LogP contribution in [0.1, 0.15) is 18.9 Å². The molecular weight excluding hydrogens is 238 g/mol. The largest absolute Gasteiger partial charge is 0.382 e. The van der Waals surface area contributed by atoms with Gasteiger partial charge in [0.15, 0.2) is 5.82 Å². The maximum atomic E-state index is 5.68. The van der Waals surface area contributed by atoms with Crippen molar-refractivity contribution >= 4 is 16.9 Å². The Kier molecular flexibility index (Phi) is 2.74. The van der Waals surface area contributed by atoms with E-state index in [0.717, 1.165) is 35.5 Å². The smallest absolute Gasteiger partial charge is 0.159 e. The van der Waals surface area contributed by atoms with Crippen LogP contribution in [0.5, 0.6) is 0 Å². The summed E-state index contributed by atoms with van der Waals surface area (Å²) in [4.78, 5) is 4.71. The first-order valence-electron chi connectivity index (χ1n) is 6.47. The van der Waals surface area contributed by atoms with Gasteiger partial charge in [-0.05, 0) is 31.0 Å². The highest BCUT2D eigenvalue weighted by molar-refractivity contribution is 5.81. The molecule has 0 aliphatic heterocycles. The molecule has 0 aliphatic carbocycles. The molecule has 0 bridgehead atoms. The average Bonchev–Trinajstić information content (AvgIpc) is 2.94. The zero-order valence-corrected chi connectivity index (χ0v) is 11.1. The van der Waals surface area contributed by atoms with Crippen molar-refractivity contribution in [2.45, 2.75) is 26.8 Å². The lowest BCUT2D eigenvalue weighted by Gasteiger charge is -2.05. The summed E-state index contributed by atoms with van der Waals surface area (Å²) < 4.78 is 2.21. The maximum Gasteiger partial charge on any atom is 0.159 e. The molecule has 0 fully saturated rings. The standard InChI is InChI=1S/C14H17N5/c1-3-6-19-12-5-4-9(2)7-10(12)16-14(19)11-8-13(15)18-17-11/h4-5,7-8H,3,6H2,1-2H3,(H3,15,17,18). The Balaban J connectivity index is 2.25. The minimum Gasteiger partial charge on any atom is -0.382 e. The van der Waals surface area contributed by atoms with Gasteiger partial charge in [0.1, 0.15) is 11.5 Å². The fraction of sp³-hybridized carbons (Fsp3) is 0.286. The number of H-pyrrole nitrogens is 1. The lowest BCUT2D eigenvalue weighted by molar-refractivity contribution is 0.702. The van der Waals surface area contributed by atoms with Gasteiger partial charge in [-0.25, -0.2) is 4.98 Å². The summed E-state index contributed by atoms with van der Waals surface area (Å²) in [6, 6.07) is 8.16. The van der Waals surface area contributed by atoms with Crippen LogP contribution in [0.15, 0.2) is 24.3 Å². The Hall–Kier alpha value is -2.30. The second kappa shape index (κ2) is 4.42. The van der Waals surface area contributed by atoms with Gasteiger partial charge in [0, 0.05) is 12.6 Å². The minimum atomic E-state index is 0.487. The topological polar surface area (TPSA) is 72.5 Å². The summed E-state index contributed by atoms with van der Waals surface area (Å²) in [7, 11) is 0. The third kappa shape index (κ3) is 1.97. The number of anilines is 1. The quantitative estimate of drug-likeness (QED) is 0.755. The van der Waals surface area contributed by atoms with Crippen molar-refractivity contribution in [3.63, 3.8) is 0 Å². The molecule has 0 radical (unpaired) electrons. The van der Waals surface area contributed by atoms with E-state index in [4.69, 9.17) is 10.7 Å². The van der Waals surface area contributed by atoms with E-state index in [-0.39, 0.29) is 0 Å². The van der Waals surface area contributed by atoms with Gasteiger partial charge in [-0.2, -0.15) is 5.10 Å². The molecule has 0 saturated heterocycles. The first-order chi connectivity index (χ1) is 9.19. The molecule has 3 N–H and O–H groups in total. The molecule has 0 saturated carbocycles. The lowest BCUT2D eigenvalue weighted by Crippen LogP contribution is -1.99. The molecule has 0 unspecified atom stereocenters. The van der Waals surface area contributed by atoms with E-state index in [1.165, 1.54) is 5.56 Å². The van der Waals surface area contributed by atoms with Gasteiger partial charge in [0.25, 0.3) is 0 Å². The number of benzene rings is 1. The van der Waals surface area contributed by atoms with Gasteiger partial charge in [-0.3, -0.25) is 5.10 Å². The first-order valence-corrected chi connectivity index (χ1v) is 6.47. The van der Waals surface area contributed by atoms with Gasteiger partial charge in [-0.15, -0.1) is 0 Å². The zero-order chi connectivity index (χ0) is 13.4. The third-order valence-electron chi connectivity index (χ3n) is 3.19. The summed E-state index contributed by atoms with van der Waals surface area (Å²) in [6.07, 6.45) is 1.05. The number of nitrogens with two attached hydrogens (primary N) is 1. The third-order valence-corrected chi connectivity index (χ3v) is 3.19. The van der Waals surface area contributed by atoms with Crippen LogP contribution in [0.25, 0.3) is 22.6 Å². The number of hydrogen-bond donors (Lipinski definition) is 2. The SMILES string of the molecule is CCCn1c(-c2cc(N)n[nH]2)nc2cc(C)ccc21. The fourth-order valence-electron chi connectivity index (χ4n) is 2.35. The number of fused-ring (bicyclic) bond motifs is 1. The second-order valence-electron chi connectivity index (χ2n) is 4.79. The molecule has 98 valence electrons. The minimum absolute atomic E-state index is 0.487. The van der Waals surface area contributed by atoms with Crippen LogP contribution in [0.2, 0.25) is 0 Å². The van der Waals surface area contributed by atoms with E-state index in [0.29, 0.717) is 5.82 Å². The van der Waals surface area contributed by atoms with Crippen molar-refractivity contribution in [3.8, 4) is 11.5 Å². The molecule has 2 heterocycles. The molecule has 19 heavy (non-hydrogen) atoms. The van der Waals surface area contributed by atoms with Gasteiger partial charge in [-0.1, -0.05) is 13.0 Å². The predicted octanol–water partition coefficient (Wildman–Crippen LogP) is 2.73. The van der Waals surface area contributed by atoms with Gasteiger partial charge >= 0.3 is 0 Å². The zero-order valence-electron chi connectivity index (χ0n) is 11.1. The molecule has 0 aliphatic rings. The highest BCUT2D eigenvalue weighted by Crippen LogP contribution is 2.25. The molecule has 5 nitrogen and oxygen atoms in total. The van der Waals surface area contributed by atoms with Crippen molar-refractivity contribution in [2.24, 2.45) is 0 Å². The van der Waals surface area contributed by atoms with Crippen molar-refractivity contribution < 1.29 is 0 Å². The average molecular weight is 255 g/mol. The Morgan fingerprint density at radius 3 is 2.84 bits per heavy atom. The molecule has 0 spiro atoms. The molecule has 5 heteroatoms. The van der Waals surface area contributed by atoms with E-state index < -0.39 is 0 Å². The van der Waals surface area contributed by atoms with Crippen LogP contribution in [0.4, 0.5) is 5.82 Å². The maximum absolute atomic E-state index is 5.68. The number of nitrogens with zero attached hydrogens (tertiary/aromatic N) is 3. The van der Waals surface area contributed by atoms with Gasteiger partial charge in [0.2, 0.25) is 0 Å². The van der Waals surface area contributed by atoms with Crippen molar-refractivity contribution in [1.29, 1.82) is 0 Å². The lowest BCUT2D eigenvalue weighted by atomic mass is 10.2. The Morgan fingerprint density at radius 1 is 1.32 bits per heavy atom. The van der Waals surface area contributed by atoms with E-state index in [1.54, 1.807) is 0 Å². The number of aryl methyl sites for hydroxylation is 2. The summed E-state index contributed by atoms with van der Waals surface area (Å²) in [6.45, 7) is 5.16. The molecule has 2 aromatic heterocycles. The van der Waals surface area contributed by atoms with Crippen molar-refractivity contribution in [1.82, 2.24) is 19.7 Å². The Bertz CT molecular complexity index is 723. The second-order valence-corrected chi connectivity index (χ2v) is 4.79. The molecule has 3 rings (SSSR count). The van der Waals surface area contributed by atoms with Crippen LogP contribution in [-0.4, -0.2) is 19.7 Å². The first kappa shape index (κ1) is 11.8. The molecule has 0 atom stereocenters. The number of rotatable bonds is 3. The molecule has 3 aromatic rings. The van der Waals surface area contributed by atoms with Crippen molar-refractivity contribution in [3.05, 3.63) is 29.8 Å². The van der Waals surface area contributed by atoms with Gasteiger partial charge in [0.05, 0.1) is 11.0 Å². The number of nitrogen functional groups attached to an aromatic ring is 1. The fourth-order valence-corrected chi connectivity index (χ4v) is 2.35. The van der Waals surface area contributed by atoms with Crippen LogP contribution in [-0.2, 0) is 6.54 Å². The van der Waals surface area contributed by atoms with Crippen LogP contribution in [0.3, 0.4) is 0 Å². The van der Waals surface area contributed by atoms with Crippen molar-refractivity contribution in [2.75, 3.05) is 5.73 Å². The summed E-state index contributed by atoms with van der Waals surface area (Å²) in [5.74, 6) is 1.38. The summed E-state index contributed by atoms with van der Waals surface area (Å²) >= 11 is 0. The van der Waals surface area contributed by atoms with Crippen LogP contribution < -0.4 is 5.73 Å². The molecule has 0 amide bonds. The van der Waals surface area contributed by atoms with Gasteiger partial charge < -0.3 is 10.3 Å². The number of aromatic amines is 1. The molecular formula is C14H17N5. The number of imidazole rings is 1. The van der Waals surface area contributed by atoms with Crippen LogP contribution in [0, 0.1) is 6.92 Å². The highest BCUT2D eigenvalue weighted by Gasteiger charge is 2.13. The Morgan fingerprint density at radius 2 is 2.16 bits per heavy atom. The highest BCUT2D eigenvalue weighted by atomic mass is 15.2. The summed E-state index contributed by atoms with van der Waals surface area (Å²) in [5.41, 5.74) is 9.91. The monoisotopic (exact) mass is 255 g/mol. The molecule has 1 aromatic carbocycles. The van der Waals surface area contributed by atoms with Crippen LogP contribution >= 0.6 is 0 Å². The van der Waals surface area contributed by atoms with E-state index in [9.17, 15) is 0 Å². The number of hydrogen-bond acceptors (Lipinski definition) is 3. The number of aromatic nitrogens is 4. The predicted molar refractivity (Wildman–Crippen MR) is 76.8 cm³/mol. The van der Waals surface area contributed by atoms with E-state index >= 15 is 0 Å². The Labute approximate surface area is 111 Å².